The number of carbonyl (C=O) groups is 1. The van der Waals surface area contributed by atoms with Crippen LogP contribution in [0, 0.1) is 6.92 Å². The Kier molecular flexibility index (Phi) is 5.80. The molecule has 2 fully saturated rings. The quantitative estimate of drug-likeness (QED) is 0.367. The number of amides is 1. The second-order valence-electron chi connectivity index (χ2n) is 9.06. The van der Waals surface area contributed by atoms with Crippen molar-refractivity contribution in [2.45, 2.75) is 50.6 Å². The molecule has 1 aliphatic heterocycles. The molecule has 2 aromatic rings. The molecule has 1 heterocycles. The van der Waals surface area contributed by atoms with Crippen LogP contribution in [0.2, 0.25) is 0 Å². The van der Waals surface area contributed by atoms with Crippen LogP contribution in [0.4, 0.5) is 0 Å². The highest BCUT2D eigenvalue weighted by Gasteiger charge is 2.40. The maximum absolute atomic E-state index is 12.5. The third-order valence-electron chi connectivity index (χ3n) is 6.65. The van der Waals surface area contributed by atoms with Crippen LogP contribution in [0.1, 0.15) is 48.3 Å². The fourth-order valence-corrected chi connectivity index (χ4v) is 6.15. The summed E-state index contributed by atoms with van der Waals surface area (Å²) in [7, 11) is -1.13. The van der Waals surface area contributed by atoms with Gasteiger partial charge in [-0.3, -0.25) is 15.3 Å². The number of nitrogens with one attached hydrogen (secondary N) is 2. The van der Waals surface area contributed by atoms with E-state index in [2.05, 4.69) is 66.4 Å². The second-order valence-corrected chi connectivity index (χ2v) is 12.3. The van der Waals surface area contributed by atoms with E-state index in [1.807, 2.05) is 5.48 Å². The van der Waals surface area contributed by atoms with Crippen LogP contribution in [0.15, 0.2) is 42.5 Å². The summed E-state index contributed by atoms with van der Waals surface area (Å²) >= 11 is 0. The highest BCUT2D eigenvalue weighted by Crippen LogP contribution is 2.40. The Morgan fingerprint density at radius 3 is 2.37 bits per heavy atom. The van der Waals surface area contributed by atoms with E-state index in [1.165, 1.54) is 35.1 Å². The highest BCUT2D eigenvalue weighted by atomic mass is 32.2. The van der Waals surface area contributed by atoms with Crippen molar-refractivity contribution in [2.75, 3.05) is 11.5 Å². The van der Waals surface area contributed by atoms with Crippen LogP contribution in [-0.2, 0) is 11.3 Å². The van der Waals surface area contributed by atoms with Gasteiger partial charge in [-0.2, -0.15) is 0 Å². The van der Waals surface area contributed by atoms with E-state index in [0.29, 0.717) is 19.4 Å². The molecule has 30 heavy (non-hydrogen) atoms. The Balaban J connectivity index is 1.47. The minimum absolute atomic E-state index is 0.360. The van der Waals surface area contributed by atoms with Crippen molar-refractivity contribution in [3.63, 3.8) is 0 Å². The van der Waals surface area contributed by atoms with Crippen molar-refractivity contribution in [1.82, 2.24) is 10.8 Å². The second kappa shape index (κ2) is 8.22. The van der Waals surface area contributed by atoms with Crippen molar-refractivity contribution < 1.29 is 10.0 Å². The fraction of sp³-hybridized carbons (Fsp3) is 0.400. The number of hydroxylamine groups is 1. The third kappa shape index (κ3) is 4.48. The van der Waals surface area contributed by atoms with Crippen molar-refractivity contribution in [3.8, 4) is 11.1 Å². The van der Waals surface area contributed by atoms with Crippen LogP contribution in [0.5, 0.6) is 0 Å². The number of aryl methyl sites for hydroxylation is 1. The van der Waals surface area contributed by atoms with Gasteiger partial charge in [-0.05, 0) is 77.8 Å². The predicted octanol–water partition coefficient (Wildman–Crippen LogP) is 4.34. The van der Waals surface area contributed by atoms with Crippen molar-refractivity contribution in [1.29, 1.82) is 0 Å². The number of carbonyl (C=O) groups excluding carboxylic acids is 1. The molecule has 0 radical (unpaired) electrons. The summed E-state index contributed by atoms with van der Waals surface area (Å²) in [5, 5.41) is 12.7. The van der Waals surface area contributed by atoms with Gasteiger partial charge in [0, 0.05) is 6.54 Å². The van der Waals surface area contributed by atoms with Crippen molar-refractivity contribution in [3.05, 3.63) is 59.2 Å². The van der Waals surface area contributed by atoms with E-state index >= 15 is 0 Å². The predicted molar refractivity (Wildman–Crippen MR) is 129 cm³/mol. The molecule has 1 saturated carbocycles. The van der Waals surface area contributed by atoms with Gasteiger partial charge in [0.15, 0.2) is 0 Å². The summed E-state index contributed by atoms with van der Waals surface area (Å²) in [5.41, 5.74) is 7.39. The Bertz CT molecular complexity index is 1020. The summed E-state index contributed by atoms with van der Waals surface area (Å²) in [6, 6.07) is 15.4. The van der Waals surface area contributed by atoms with E-state index in [4.69, 9.17) is 0 Å². The molecule has 2 aromatic carbocycles. The van der Waals surface area contributed by atoms with Gasteiger partial charge in [0.25, 0.3) is 5.91 Å². The molecule has 3 N–H and O–H groups in total. The lowest BCUT2D eigenvalue weighted by molar-refractivity contribution is -0.136. The number of benzene rings is 2. The van der Waals surface area contributed by atoms with E-state index in [9.17, 15) is 10.0 Å². The van der Waals surface area contributed by atoms with Crippen LogP contribution in [-0.4, -0.2) is 39.9 Å². The van der Waals surface area contributed by atoms with Crippen molar-refractivity contribution in [2.24, 2.45) is 0 Å². The largest absolute Gasteiger partial charge is 0.299 e. The van der Waals surface area contributed by atoms with E-state index in [-0.39, 0.29) is 5.91 Å². The van der Waals surface area contributed by atoms with Gasteiger partial charge in [-0.25, -0.2) is 14.7 Å². The first-order valence-electron chi connectivity index (χ1n) is 10.7. The number of rotatable bonds is 6. The fourth-order valence-electron chi connectivity index (χ4n) is 4.38. The first-order valence-corrected chi connectivity index (χ1v) is 13.0. The molecule has 2 aliphatic rings. The molecule has 0 spiro atoms. The summed E-state index contributed by atoms with van der Waals surface area (Å²) in [6.07, 6.45) is 3.93. The Labute approximate surface area is 180 Å². The van der Waals surface area contributed by atoms with Gasteiger partial charge in [-0.15, -0.1) is 0 Å². The first-order chi connectivity index (χ1) is 14.3. The Morgan fingerprint density at radius 1 is 1.13 bits per heavy atom. The van der Waals surface area contributed by atoms with Crippen molar-refractivity contribution >= 4 is 26.9 Å². The lowest BCUT2D eigenvalue weighted by Crippen LogP contribution is -2.58. The van der Waals surface area contributed by atoms with Crippen LogP contribution < -0.4 is 10.8 Å². The Morgan fingerprint density at radius 2 is 1.80 bits per heavy atom. The summed E-state index contributed by atoms with van der Waals surface area (Å²) in [6.45, 7) is 2.71. The van der Waals surface area contributed by atoms with E-state index in [0.717, 1.165) is 23.0 Å². The highest BCUT2D eigenvalue weighted by molar-refractivity contribution is 8.27. The summed E-state index contributed by atoms with van der Waals surface area (Å²) < 4.78 is 0. The zero-order valence-corrected chi connectivity index (χ0v) is 18.6. The standard InChI is InChI=1S/C25H32N2O2S/c1-18-16-19(4-11-23(18)22-9-7-21(8-10-22)20-5-6-20)17-26-25(24(28)27-29)12-14-30(2,3)15-13-25/h4,7-11,16,20,26,29H,2-3,5-6,12-15,17H2,1H3,(H,27,28). The molecule has 0 bridgehead atoms. The third-order valence-corrected chi connectivity index (χ3v) is 8.79. The van der Waals surface area contributed by atoms with Gasteiger partial charge in [-0.1, -0.05) is 54.2 Å². The molecular formula is C25H32N2O2S. The van der Waals surface area contributed by atoms with Gasteiger partial charge < -0.3 is 0 Å². The smallest absolute Gasteiger partial charge is 0.263 e. The zero-order valence-electron chi connectivity index (χ0n) is 17.7. The monoisotopic (exact) mass is 424 g/mol. The minimum atomic E-state index is -1.13. The molecule has 1 aliphatic carbocycles. The van der Waals surface area contributed by atoms with Gasteiger partial charge in [0.1, 0.15) is 5.54 Å². The average Bonchev–Trinajstić information content (AvgIpc) is 3.58. The summed E-state index contributed by atoms with van der Waals surface area (Å²) in [4.78, 5) is 12.5. The molecular weight excluding hydrogens is 392 g/mol. The molecule has 0 unspecified atom stereocenters. The SMILES string of the molecule is C=S1(=C)CCC(NCc2ccc(-c3ccc(C4CC4)cc3)c(C)c2)(C(=O)NO)CC1. The van der Waals surface area contributed by atoms with Gasteiger partial charge in [0.2, 0.25) is 0 Å². The van der Waals surface area contributed by atoms with E-state index in [1.54, 1.807) is 0 Å². The Hall–Kier alpha value is -2.08. The van der Waals surface area contributed by atoms with Crippen LogP contribution in [0.25, 0.3) is 11.1 Å². The topological polar surface area (TPSA) is 61.4 Å². The lowest BCUT2D eigenvalue weighted by atomic mass is 9.90. The molecule has 0 aromatic heterocycles. The molecule has 1 saturated heterocycles. The van der Waals surface area contributed by atoms with Crippen LogP contribution in [0.3, 0.4) is 0 Å². The number of hydrogen-bond acceptors (Lipinski definition) is 3. The molecule has 0 atom stereocenters. The van der Waals surface area contributed by atoms with E-state index < -0.39 is 14.7 Å². The maximum Gasteiger partial charge on any atom is 0.263 e. The minimum Gasteiger partial charge on any atom is -0.299 e. The maximum atomic E-state index is 12.5. The average molecular weight is 425 g/mol. The number of hydrogen-bond donors (Lipinski definition) is 3. The molecule has 4 nitrogen and oxygen atoms in total. The molecule has 160 valence electrons. The first kappa shape index (κ1) is 21.2. The van der Waals surface area contributed by atoms with Gasteiger partial charge >= 0.3 is 0 Å². The van der Waals surface area contributed by atoms with Gasteiger partial charge in [0.05, 0.1) is 0 Å². The summed E-state index contributed by atoms with van der Waals surface area (Å²) in [5.74, 6) is 10.5. The molecule has 4 rings (SSSR count). The normalized spacial score (nSPS) is 19.9. The lowest BCUT2D eigenvalue weighted by Gasteiger charge is -2.39. The molecule has 1 amide bonds. The molecule has 5 heteroatoms. The zero-order chi connectivity index (χ0) is 21.4. The van der Waals surface area contributed by atoms with Crippen LogP contribution >= 0.6 is 9.21 Å².